The maximum atomic E-state index is 5.92. The van der Waals surface area contributed by atoms with Crippen molar-refractivity contribution >= 4 is 0 Å². The van der Waals surface area contributed by atoms with Crippen LogP contribution in [0.3, 0.4) is 0 Å². The first-order valence-electron chi connectivity index (χ1n) is 7.98. The van der Waals surface area contributed by atoms with E-state index >= 15 is 0 Å². The van der Waals surface area contributed by atoms with E-state index in [-0.39, 0.29) is 0 Å². The zero-order valence-corrected chi connectivity index (χ0v) is 14.2. The Morgan fingerprint density at radius 2 is 1.22 bits per heavy atom. The lowest BCUT2D eigenvalue weighted by Crippen LogP contribution is -2.03. The van der Waals surface area contributed by atoms with Crippen LogP contribution < -0.4 is 18.9 Å². The van der Waals surface area contributed by atoms with Gasteiger partial charge >= 0.3 is 0 Å². The fraction of sp³-hybridized carbons (Fsp3) is 0.368. The van der Waals surface area contributed by atoms with Gasteiger partial charge in [0.1, 0.15) is 11.5 Å². The van der Waals surface area contributed by atoms with E-state index in [1.807, 2.05) is 64.1 Å². The van der Waals surface area contributed by atoms with Gasteiger partial charge in [-0.2, -0.15) is 0 Å². The van der Waals surface area contributed by atoms with Gasteiger partial charge in [-0.05, 0) is 39.8 Å². The summed E-state index contributed by atoms with van der Waals surface area (Å²) in [7, 11) is 0. The highest BCUT2D eigenvalue weighted by Crippen LogP contribution is 2.42. The highest BCUT2D eigenvalue weighted by Gasteiger charge is 2.16. The molecule has 0 aliphatic carbocycles. The van der Waals surface area contributed by atoms with Crippen molar-refractivity contribution in [1.82, 2.24) is 0 Å². The van der Waals surface area contributed by atoms with Crippen molar-refractivity contribution < 1.29 is 18.9 Å². The first-order valence-corrected chi connectivity index (χ1v) is 7.98. The van der Waals surface area contributed by atoms with Gasteiger partial charge in [-0.3, -0.25) is 0 Å². The number of benzene rings is 2. The monoisotopic (exact) mass is 316 g/mol. The van der Waals surface area contributed by atoms with E-state index < -0.39 is 0 Å². The van der Waals surface area contributed by atoms with Gasteiger partial charge in [0.05, 0.1) is 19.8 Å². The fourth-order valence-electron chi connectivity index (χ4n) is 2.17. The van der Waals surface area contributed by atoms with Crippen LogP contribution in [0.4, 0.5) is 0 Å². The molecule has 2 aromatic rings. The van der Waals surface area contributed by atoms with Crippen LogP contribution in [-0.4, -0.2) is 19.8 Å². The van der Waals surface area contributed by atoms with Crippen molar-refractivity contribution in [2.75, 3.05) is 19.8 Å². The standard InChI is InChI=1S/C19H24O4/c1-5-20-17-12-16(23-15-10-8-14(4)9-11-15)13-18(21-6-2)19(17)22-7-3/h8-13H,5-7H2,1-4H3. The van der Waals surface area contributed by atoms with Crippen LogP contribution >= 0.6 is 0 Å². The molecule has 0 atom stereocenters. The Balaban J connectivity index is 2.36. The second-order valence-electron chi connectivity index (χ2n) is 4.96. The lowest BCUT2D eigenvalue weighted by Gasteiger charge is -2.17. The molecule has 0 bridgehead atoms. The molecule has 23 heavy (non-hydrogen) atoms. The first-order chi connectivity index (χ1) is 11.2. The topological polar surface area (TPSA) is 36.9 Å². The maximum absolute atomic E-state index is 5.92. The molecule has 0 saturated heterocycles. The van der Waals surface area contributed by atoms with Crippen LogP contribution in [0, 0.1) is 6.92 Å². The molecule has 124 valence electrons. The van der Waals surface area contributed by atoms with Gasteiger partial charge in [0, 0.05) is 12.1 Å². The smallest absolute Gasteiger partial charge is 0.203 e. The third kappa shape index (κ3) is 4.55. The summed E-state index contributed by atoms with van der Waals surface area (Å²) in [5.74, 6) is 3.30. The van der Waals surface area contributed by atoms with E-state index in [9.17, 15) is 0 Å². The van der Waals surface area contributed by atoms with Gasteiger partial charge in [-0.25, -0.2) is 0 Å². The summed E-state index contributed by atoms with van der Waals surface area (Å²) in [6.07, 6.45) is 0. The van der Waals surface area contributed by atoms with Crippen molar-refractivity contribution in [3.8, 4) is 28.7 Å². The van der Waals surface area contributed by atoms with Crippen molar-refractivity contribution in [3.05, 3.63) is 42.0 Å². The predicted molar refractivity (Wildman–Crippen MR) is 91.2 cm³/mol. The Morgan fingerprint density at radius 1 is 0.696 bits per heavy atom. The SMILES string of the molecule is CCOc1cc(Oc2ccc(C)cc2)cc(OCC)c1OCC. The molecule has 2 aromatic carbocycles. The highest BCUT2D eigenvalue weighted by atomic mass is 16.5. The van der Waals surface area contributed by atoms with Crippen molar-refractivity contribution in [3.63, 3.8) is 0 Å². The van der Waals surface area contributed by atoms with E-state index in [1.165, 1.54) is 5.56 Å². The lowest BCUT2D eigenvalue weighted by molar-refractivity contribution is 0.259. The van der Waals surface area contributed by atoms with Crippen LogP contribution in [0.15, 0.2) is 36.4 Å². The maximum Gasteiger partial charge on any atom is 0.203 e. The molecule has 0 aliphatic heterocycles. The van der Waals surface area contributed by atoms with Crippen molar-refractivity contribution in [2.24, 2.45) is 0 Å². The molecule has 0 aliphatic rings. The van der Waals surface area contributed by atoms with E-state index in [0.29, 0.717) is 42.8 Å². The van der Waals surface area contributed by atoms with Crippen LogP contribution in [-0.2, 0) is 0 Å². The number of aryl methyl sites for hydroxylation is 1. The predicted octanol–water partition coefficient (Wildman–Crippen LogP) is 4.98. The largest absolute Gasteiger partial charge is 0.490 e. The summed E-state index contributed by atoms with van der Waals surface area (Å²) in [5.41, 5.74) is 1.19. The molecule has 0 fully saturated rings. The van der Waals surface area contributed by atoms with Crippen LogP contribution in [0.1, 0.15) is 26.3 Å². The van der Waals surface area contributed by atoms with Gasteiger partial charge in [-0.1, -0.05) is 17.7 Å². The van der Waals surface area contributed by atoms with Gasteiger partial charge in [-0.15, -0.1) is 0 Å². The van der Waals surface area contributed by atoms with Gasteiger partial charge in [0.25, 0.3) is 0 Å². The summed E-state index contributed by atoms with van der Waals surface area (Å²) >= 11 is 0. The summed E-state index contributed by atoms with van der Waals surface area (Å²) in [6, 6.07) is 11.6. The molecular weight excluding hydrogens is 292 g/mol. The second-order valence-corrected chi connectivity index (χ2v) is 4.96. The Bertz CT molecular complexity index is 593. The number of hydrogen-bond donors (Lipinski definition) is 0. The summed E-state index contributed by atoms with van der Waals surface area (Å²) in [5, 5.41) is 0. The molecule has 0 radical (unpaired) electrons. The number of ether oxygens (including phenoxy) is 4. The van der Waals surface area contributed by atoms with E-state index in [2.05, 4.69) is 0 Å². The summed E-state index contributed by atoms with van der Waals surface area (Å²) in [4.78, 5) is 0. The third-order valence-corrected chi connectivity index (χ3v) is 3.14. The Kier molecular flexibility index (Phi) is 6.15. The zero-order chi connectivity index (χ0) is 16.7. The van der Waals surface area contributed by atoms with Gasteiger partial charge < -0.3 is 18.9 Å². The number of hydrogen-bond acceptors (Lipinski definition) is 4. The summed E-state index contributed by atoms with van der Waals surface area (Å²) in [6.45, 7) is 9.47. The lowest BCUT2D eigenvalue weighted by atomic mass is 10.2. The van der Waals surface area contributed by atoms with Gasteiger partial charge in [0.2, 0.25) is 5.75 Å². The minimum absolute atomic E-state index is 0.540. The quantitative estimate of drug-likeness (QED) is 0.688. The van der Waals surface area contributed by atoms with Crippen molar-refractivity contribution in [1.29, 1.82) is 0 Å². The molecule has 0 spiro atoms. The minimum Gasteiger partial charge on any atom is -0.490 e. The average molecular weight is 316 g/mol. The molecular formula is C19H24O4. The molecule has 0 unspecified atom stereocenters. The van der Waals surface area contributed by atoms with E-state index in [0.717, 1.165) is 5.75 Å². The van der Waals surface area contributed by atoms with E-state index in [1.54, 1.807) is 0 Å². The molecule has 0 N–H and O–H groups in total. The molecule has 2 rings (SSSR count). The first kappa shape index (κ1) is 17.0. The fourth-order valence-corrected chi connectivity index (χ4v) is 2.17. The van der Waals surface area contributed by atoms with E-state index in [4.69, 9.17) is 18.9 Å². The zero-order valence-electron chi connectivity index (χ0n) is 14.2. The summed E-state index contributed by atoms with van der Waals surface area (Å²) < 4.78 is 23.0. The Labute approximate surface area is 137 Å². The Morgan fingerprint density at radius 3 is 1.70 bits per heavy atom. The Hall–Kier alpha value is -2.36. The number of rotatable bonds is 8. The van der Waals surface area contributed by atoms with Gasteiger partial charge in [0.15, 0.2) is 11.5 Å². The minimum atomic E-state index is 0.540. The third-order valence-electron chi connectivity index (χ3n) is 3.14. The normalized spacial score (nSPS) is 10.3. The average Bonchev–Trinajstić information content (AvgIpc) is 2.53. The second kappa shape index (κ2) is 8.32. The van der Waals surface area contributed by atoms with Crippen LogP contribution in [0.5, 0.6) is 28.7 Å². The van der Waals surface area contributed by atoms with Crippen LogP contribution in [0.2, 0.25) is 0 Å². The van der Waals surface area contributed by atoms with Crippen molar-refractivity contribution in [2.45, 2.75) is 27.7 Å². The molecule has 0 heterocycles. The highest BCUT2D eigenvalue weighted by molar-refractivity contribution is 5.56. The molecule has 4 nitrogen and oxygen atoms in total. The molecule has 0 amide bonds. The molecule has 0 saturated carbocycles. The van der Waals surface area contributed by atoms with Crippen LogP contribution in [0.25, 0.3) is 0 Å². The molecule has 0 aromatic heterocycles. The molecule has 4 heteroatoms.